The summed E-state index contributed by atoms with van der Waals surface area (Å²) < 4.78 is 18.8. The van der Waals surface area contributed by atoms with Gasteiger partial charge in [0.2, 0.25) is 0 Å². The minimum atomic E-state index is -0.602. The minimum absolute atomic E-state index is 0.0525. The lowest BCUT2D eigenvalue weighted by atomic mass is 9.98. The molecule has 4 nitrogen and oxygen atoms in total. The van der Waals surface area contributed by atoms with Gasteiger partial charge in [0.1, 0.15) is 5.82 Å². The van der Waals surface area contributed by atoms with Crippen molar-refractivity contribution < 1.29 is 18.7 Å². The summed E-state index contributed by atoms with van der Waals surface area (Å²) in [5, 5.41) is 0.309. The molecule has 120 valence electrons. The van der Waals surface area contributed by atoms with Crippen molar-refractivity contribution >= 4 is 23.5 Å². The van der Waals surface area contributed by atoms with E-state index >= 15 is 0 Å². The molecule has 1 heterocycles. The lowest BCUT2D eigenvalue weighted by Gasteiger charge is -2.35. The second kappa shape index (κ2) is 7.58. The van der Waals surface area contributed by atoms with Crippen LogP contribution in [0.5, 0.6) is 0 Å². The van der Waals surface area contributed by atoms with Crippen LogP contribution in [-0.2, 0) is 9.53 Å². The van der Waals surface area contributed by atoms with Gasteiger partial charge in [-0.2, -0.15) is 0 Å². The highest BCUT2D eigenvalue weighted by atomic mass is 35.5. The summed E-state index contributed by atoms with van der Waals surface area (Å²) in [6.45, 7) is 2.56. The van der Waals surface area contributed by atoms with Gasteiger partial charge in [-0.05, 0) is 44.4 Å². The molecule has 1 aromatic rings. The summed E-state index contributed by atoms with van der Waals surface area (Å²) in [7, 11) is 0. The third kappa shape index (κ3) is 3.97. The highest BCUT2D eigenvalue weighted by Gasteiger charge is 2.30. The number of likely N-dealkylation sites (tertiary alicyclic amines) is 1. The average Bonchev–Trinajstić information content (AvgIpc) is 2.50. The number of hydrogen-bond acceptors (Lipinski definition) is 3. The molecule has 0 radical (unpaired) electrons. The number of ether oxygens (including phenoxy) is 1. The average molecular weight is 328 g/mol. The first kappa shape index (κ1) is 16.7. The molecule has 0 unspecified atom stereocenters. The van der Waals surface area contributed by atoms with Crippen molar-refractivity contribution in [1.29, 1.82) is 0 Å². The molecule has 0 bridgehead atoms. The zero-order valence-electron chi connectivity index (χ0n) is 12.5. The molecule has 6 heteroatoms. The molecule has 1 aliphatic rings. The molecule has 0 aliphatic carbocycles. The fourth-order valence-electron chi connectivity index (χ4n) is 2.71. The fourth-order valence-corrected chi connectivity index (χ4v) is 2.88. The summed E-state index contributed by atoms with van der Waals surface area (Å²) in [6.07, 6.45) is 2.63. The summed E-state index contributed by atoms with van der Waals surface area (Å²) in [5.74, 6) is -1.36. The smallest absolute Gasteiger partial charge is 0.307 e. The van der Waals surface area contributed by atoms with Gasteiger partial charge in [-0.25, -0.2) is 4.39 Å². The molecule has 0 N–H and O–H groups in total. The quantitative estimate of drug-likeness (QED) is 0.796. The van der Waals surface area contributed by atoms with Crippen LogP contribution < -0.4 is 0 Å². The number of esters is 1. The number of carbonyl (C=O) groups is 2. The Morgan fingerprint density at radius 3 is 2.91 bits per heavy atom. The zero-order chi connectivity index (χ0) is 16.1. The Bertz CT molecular complexity index is 564. The van der Waals surface area contributed by atoms with Crippen LogP contribution in [0.3, 0.4) is 0 Å². The summed E-state index contributed by atoms with van der Waals surface area (Å²) in [4.78, 5) is 25.8. The predicted octanol–water partition coefficient (Wildman–Crippen LogP) is 3.43. The van der Waals surface area contributed by atoms with Crippen molar-refractivity contribution in [1.82, 2.24) is 4.90 Å². The Morgan fingerprint density at radius 2 is 2.18 bits per heavy atom. The Hall–Kier alpha value is -1.62. The minimum Gasteiger partial charge on any atom is -0.466 e. The molecular formula is C16H19ClFNO3. The standard InChI is InChI=1S/C16H19ClFNO3/c1-2-22-15(20)10-12-5-3-4-8-19(12)16(21)13-9-11(17)6-7-14(13)18/h6-7,9,12H,2-5,8,10H2,1H3/t12-/m0/s1. The number of hydrogen-bond donors (Lipinski definition) is 0. The molecule has 1 amide bonds. The van der Waals surface area contributed by atoms with Crippen LogP contribution in [0, 0.1) is 5.82 Å². The maximum atomic E-state index is 13.9. The molecule has 2 rings (SSSR count). The van der Waals surface area contributed by atoms with E-state index in [9.17, 15) is 14.0 Å². The van der Waals surface area contributed by atoms with Crippen LogP contribution >= 0.6 is 11.6 Å². The van der Waals surface area contributed by atoms with Crippen molar-refractivity contribution in [3.05, 3.63) is 34.6 Å². The second-order valence-corrected chi connectivity index (χ2v) is 5.72. The third-order valence-corrected chi connectivity index (χ3v) is 3.99. The summed E-state index contributed by atoms with van der Waals surface area (Å²) in [5.41, 5.74) is -0.0525. The molecule has 1 aromatic carbocycles. The maximum absolute atomic E-state index is 13.9. The second-order valence-electron chi connectivity index (χ2n) is 5.28. The van der Waals surface area contributed by atoms with Crippen molar-refractivity contribution in [3.63, 3.8) is 0 Å². The van der Waals surface area contributed by atoms with Gasteiger partial charge in [-0.3, -0.25) is 9.59 Å². The molecular weight excluding hydrogens is 309 g/mol. The first-order valence-electron chi connectivity index (χ1n) is 7.44. The Labute approximate surface area is 134 Å². The lowest BCUT2D eigenvalue weighted by Crippen LogP contribution is -2.45. The van der Waals surface area contributed by atoms with Gasteiger partial charge < -0.3 is 9.64 Å². The van der Waals surface area contributed by atoms with E-state index in [-0.39, 0.29) is 24.0 Å². The number of amides is 1. The summed E-state index contributed by atoms with van der Waals surface area (Å²) >= 11 is 5.85. The van der Waals surface area contributed by atoms with Crippen LogP contribution in [0.15, 0.2) is 18.2 Å². The van der Waals surface area contributed by atoms with Gasteiger partial charge in [0.15, 0.2) is 0 Å². The number of rotatable bonds is 4. The molecule has 1 fully saturated rings. The third-order valence-electron chi connectivity index (χ3n) is 3.75. The van der Waals surface area contributed by atoms with Crippen molar-refractivity contribution in [2.45, 2.75) is 38.6 Å². The van der Waals surface area contributed by atoms with Gasteiger partial charge in [0.05, 0.1) is 18.6 Å². The van der Waals surface area contributed by atoms with Gasteiger partial charge in [-0.15, -0.1) is 0 Å². The van der Waals surface area contributed by atoms with E-state index in [0.717, 1.165) is 12.8 Å². The van der Waals surface area contributed by atoms with E-state index < -0.39 is 11.7 Å². The van der Waals surface area contributed by atoms with E-state index in [4.69, 9.17) is 16.3 Å². The summed E-state index contributed by atoms with van der Waals surface area (Å²) in [6, 6.07) is 3.66. The van der Waals surface area contributed by atoms with Crippen LogP contribution in [0.2, 0.25) is 5.02 Å². The van der Waals surface area contributed by atoms with Gasteiger partial charge in [0, 0.05) is 17.6 Å². The molecule has 1 atom stereocenters. The number of carbonyl (C=O) groups excluding carboxylic acids is 2. The molecule has 0 aromatic heterocycles. The normalized spacial score (nSPS) is 18.1. The van der Waals surface area contributed by atoms with Gasteiger partial charge >= 0.3 is 5.97 Å². The molecule has 0 spiro atoms. The van der Waals surface area contributed by atoms with Crippen LogP contribution in [0.1, 0.15) is 43.0 Å². The number of nitrogens with zero attached hydrogens (tertiary/aromatic N) is 1. The highest BCUT2D eigenvalue weighted by molar-refractivity contribution is 6.31. The maximum Gasteiger partial charge on any atom is 0.307 e. The molecule has 1 aliphatic heterocycles. The topological polar surface area (TPSA) is 46.6 Å². The molecule has 22 heavy (non-hydrogen) atoms. The van der Waals surface area contributed by atoms with E-state index in [1.54, 1.807) is 11.8 Å². The van der Waals surface area contributed by atoms with Crippen LogP contribution in [0.4, 0.5) is 4.39 Å². The van der Waals surface area contributed by atoms with E-state index in [2.05, 4.69) is 0 Å². The van der Waals surface area contributed by atoms with Crippen molar-refractivity contribution in [2.24, 2.45) is 0 Å². The number of piperidine rings is 1. The van der Waals surface area contributed by atoms with E-state index in [0.29, 0.717) is 24.6 Å². The first-order chi connectivity index (χ1) is 10.5. The van der Waals surface area contributed by atoms with Crippen LogP contribution in [-0.4, -0.2) is 36.0 Å². The molecule has 0 saturated carbocycles. The lowest BCUT2D eigenvalue weighted by molar-refractivity contribution is -0.144. The predicted molar refractivity (Wildman–Crippen MR) is 81.3 cm³/mol. The van der Waals surface area contributed by atoms with Gasteiger partial charge in [-0.1, -0.05) is 11.6 Å². The largest absolute Gasteiger partial charge is 0.466 e. The van der Waals surface area contributed by atoms with Crippen LogP contribution in [0.25, 0.3) is 0 Å². The SMILES string of the molecule is CCOC(=O)C[C@@H]1CCCCN1C(=O)c1cc(Cl)ccc1F. The first-order valence-corrected chi connectivity index (χ1v) is 7.82. The van der Waals surface area contributed by atoms with Crippen molar-refractivity contribution in [2.75, 3.05) is 13.2 Å². The monoisotopic (exact) mass is 327 g/mol. The van der Waals surface area contributed by atoms with E-state index in [1.807, 2.05) is 0 Å². The van der Waals surface area contributed by atoms with Gasteiger partial charge in [0.25, 0.3) is 5.91 Å². The molecule has 1 saturated heterocycles. The fraction of sp³-hybridized carbons (Fsp3) is 0.500. The van der Waals surface area contributed by atoms with E-state index in [1.165, 1.54) is 18.2 Å². The highest BCUT2D eigenvalue weighted by Crippen LogP contribution is 2.24. The Balaban J connectivity index is 2.17. The number of halogens is 2. The Morgan fingerprint density at radius 1 is 1.41 bits per heavy atom. The zero-order valence-corrected chi connectivity index (χ0v) is 13.2. The van der Waals surface area contributed by atoms with Crippen molar-refractivity contribution in [3.8, 4) is 0 Å². The number of benzene rings is 1. The Kier molecular flexibility index (Phi) is 5.77.